The molecule has 0 aromatic heterocycles. The molecule has 0 saturated heterocycles. The molecule has 1 unspecified atom stereocenters. The van der Waals surface area contributed by atoms with Crippen LogP contribution < -0.4 is 10.6 Å². The standard InChI is InChI=1S/C17H19BrN2O/c1-12-5-3-6-14(9-12)11-19-17(21)20-13(2)15-7-4-8-16(18)10-15/h3-10,13H,11H2,1-2H3,(H2,19,20,21). The average Bonchev–Trinajstić information content (AvgIpc) is 2.45. The lowest BCUT2D eigenvalue weighted by molar-refractivity contribution is 0.237. The van der Waals surface area contributed by atoms with Crippen molar-refractivity contribution in [1.29, 1.82) is 0 Å². The summed E-state index contributed by atoms with van der Waals surface area (Å²) in [5, 5.41) is 5.82. The number of urea groups is 1. The summed E-state index contributed by atoms with van der Waals surface area (Å²) in [6, 6.07) is 15.8. The van der Waals surface area contributed by atoms with Gasteiger partial charge in [-0.3, -0.25) is 0 Å². The Hall–Kier alpha value is -1.81. The van der Waals surface area contributed by atoms with Gasteiger partial charge in [0.2, 0.25) is 0 Å². The van der Waals surface area contributed by atoms with E-state index in [0.29, 0.717) is 6.54 Å². The maximum atomic E-state index is 11.9. The van der Waals surface area contributed by atoms with Crippen molar-refractivity contribution < 1.29 is 4.79 Å². The van der Waals surface area contributed by atoms with Gasteiger partial charge >= 0.3 is 6.03 Å². The lowest BCUT2D eigenvalue weighted by Gasteiger charge is -2.15. The zero-order chi connectivity index (χ0) is 15.2. The monoisotopic (exact) mass is 346 g/mol. The first-order valence-corrected chi connectivity index (χ1v) is 7.69. The van der Waals surface area contributed by atoms with Crippen molar-refractivity contribution >= 4 is 22.0 Å². The predicted octanol–water partition coefficient (Wildman–Crippen LogP) is 4.32. The molecule has 2 rings (SSSR count). The molecule has 2 aromatic rings. The summed E-state index contributed by atoms with van der Waals surface area (Å²) in [5.41, 5.74) is 3.35. The average molecular weight is 347 g/mol. The van der Waals surface area contributed by atoms with Gasteiger partial charge in [-0.1, -0.05) is 57.9 Å². The zero-order valence-electron chi connectivity index (χ0n) is 12.2. The van der Waals surface area contributed by atoms with Crippen molar-refractivity contribution in [3.63, 3.8) is 0 Å². The number of nitrogens with one attached hydrogen (secondary N) is 2. The molecule has 0 spiro atoms. The summed E-state index contributed by atoms with van der Waals surface area (Å²) in [6.07, 6.45) is 0. The van der Waals surface area contributed by atoms with Crippen molar-refractivity contribution in [3.8, 4) is 0 Å². The van der Waals surface area contributed by atoms with Gasteiger partial charge in [0, 0.05) is 11.0 Å². The maximum Gasteiger partial charge on any atom is 0.315 e. The van der Waals surface area contributed by atoms with Crippen LogP contribution in [-0.2, 0) is 6.54 Å². The van der Waals surface area contributed by atoms with Gasteiger partial charge in [0.05, 0.1) is 6.04 Å². The van der Waals surface area contributed by atoms with E-state index in [-0.39, 0.29) is 12.1 Å². The fourth-order valence-electron chi connectivity index (χ4n) is 2.11. The first kappa shape index (κ1) is 15.6. The lowest BCUT2D eigenvalue weighted by atomic mass is 10.1. The molecule has 2 N–H and O–H groups in total. The van der Waals surface area contributed by atoms with E-state index in [0.717, 1.165) is 15.6 Å². The Morgan fingerprint density at radius 3 is 2.67 bits per heavy atom. The Bertz CT molecular complexity index is 628. The van der Waals surface area contributed by atoms with Crippen LogP contribution in [0.2, 0.25) is 0 Å². The van der Waals surface area contributed by atoms with Crippen LogP contribution in [0.5, 0.6) is 0 Å². The van der Waals surface area contributed by atoms with E-state index in [9.17, 15) is 4.79 Å². The molecule has 0 fully saturated rings. The minimum absolute atomic E-state index is 0.0417. The van der Waals surface area contributed by atoms with E-state index in [4.69, 9.17) is 0 Å². The van der Waals surface area contributed by atoms with Crippen LogP contribution in [0.4, 0.5) is 4.79 Å². The molecule has 0 bridgehead atoms. The van der Waals surface area contributed by atoms with Gasteiger partial charge in [0.25, 0.3) is 0 Å². The molecular formula is C17H19BrN2O. The molecule has 2 aromatic carbocycles. The number of rotatable bonds is 4. The second kappa shape index (κ2) is 7.27. The van der Waals surface area contributed by atoms with Crippen LogP contribution in [-0.4, -0.2) is 6.03 Å². The number of aryl methyl sites for hydroxylation is 1. The Morgan fingerprint density at radius 2 is 1.95 bits per heavy atom. The Balaban J connectivity index is 1.87. The molecule has 0 aliphatic carbocycles. The van der Waals surface area contributed by atoms with Gasteiger partial charge < -0.3 is 10.6 Å². The molecule has 21 heavy (non-hydrogen) atoms. The predicted molar refractivity (Wildman–Crippen MR) is 89.1 cm³/mol. The lowest BCUT2D eigenvalue weighted by Crippen LogP contribution is -2.36. The molecule has 3 nitrogen and oxygen atoms in total. The molecular weight excluding hydrogens is 328 g/mol. The van der Waals surface area contributed by atoms with E-state index in [1.54, 1.807) is 0 Å². The fourth-order valence-corrected chi connectivity index (χ4v) is 2.53. The van der Waals surface area contributed by atoms with Crippen LogP contribution in [0.15, 0.2) is 53.0 Å². The van der Waals surface area contributed by atoms with Crippen LogP contribution in [0.3, 0.4) is 0 Å². The topological polar surface area (TPSA) is 41.1 Å². The van der Waals surface area contributed by atoms with E-state index >= 15 is 0 Å². The van der Waals surface area contributed by atoms with Crippen molar-refractivity contribution in [2.75, 3.05) is 0 Å². The highest BCUT2D eigenvalue weighted by Gasteiger charge is 2.09. The van der Waals surface area contributed by atoms with Gasteiger partial charge in [-0.15, -0.1) is 0 Å². The van der Waals surface area contributed by atoms with Crippen LogP contribution in [0.25, 0.3) is 0 Å². The van der Waals surface area contributed by atoms with Gasteiger partial charge in [0.15, 0.2) is 0 Å². The number of benzene rings is 2. The first-order valence-electron chi connectivity index (χ1n) is 6.90. The van der Waals surface area contributed by atoms with Crippen LogP contribution in [0.1, 0.15) is 29.7 Å². The zero-order valence-corrected chi connectivity index (χ0v) is 13.8. The number of amides is 2. The van der Waals surface area contributed by atoms with E-state index in [1.165, 1.54) is 5.56 Å². The smallest absolute Gasteiger partial charge is 0.315 e. The quantitative estimate of drug-likeness (QED) is 0.850. The summed E-state index contributed by atoms with van der Waals surface area (Å²) >= 11 is 3.44. The molecule has 110 valence electrons. The second-order valence-electron chi connectivity index (χ2n) is 5.09. The minimum atomic E-state index is -0.163. The number of carbonyl (C=O) groups excluding carboxylic acids is 1. The van der Waals surface area contributed by atoms with Gasteiger partial charge in [0.1, 0.15) is 0 Å². The third-order valence-corrected chi connectivity index (χ3v) is 3.73. The third kappa shape index (κ3) is 4.90. The Labute approximate surface area is 133 Å². The van der Waals surface area contributed by atoms with Crippen LogP contribution in [0, 0.1) is 6.92 Å². The maximum absolute atomic E-state index is 11.9. The summed E-state index contributed by atoms with van der Waals surface area (Å²) in [6.45, 7) is 4.53. The van der Waals surface area contributed by atoms with Crippen LogP contribution >= 0.6 is 15.9 Å². The highest BCUT2D eigenvalue weighted by atomic mass is 79.9. The number of halogens is 1. The molecule has 0 aliphatic heterocycles. The van der Waals surface area contributed by atoms with E-state index in [1.807, 2.05) is 56.3 Å². The van der Waals surface area contributed by atoms with Crippen molar-refractivity contribution in [3.05, 3.63) is 69.7 Å². The fraction of sp³-hybridized carbons (Fsp3) is 0.235. The Kier molecular flexibility index (Phi) is 5.39. The molecule has 0 aliphatic rings. The van der Waals surface area contributed by atoms with Gasteiger partial charge in [-0.25, -0.2) is 4.79 Å². The highest BCUT2D eigenvalue weighted by molar-refractivity contribution is 9.10. The van der Waals surface area contributed by atoms with E-state index in [2.05, 4.69) is 32.6 Å². The normalized spacial score (nSPS) is 11.8. The minimum Gasteiger partial charge on any atom is -0.334 e. The molecule has 0 saturated carbocycles. The highest BCUT2D eigenvalue weighted by Crippen LogP contribution is 2.17. The molecule has 2 amide bonds. The van der Waals surface area contributed by atoms with Gasteiger partial charge in [-0.05, 0) is 37.1 Å². The number of hydrogen-bond acceptors (Lipinski definition) is 1. The van der Waals surface area contributed by atoms with E-state index < -0.39 is 0 Å². The van der Waals surface area contributed by atoms with Crippen molar-refractivity contribution in [2.24, 2.45) is 0 Å². The molecule has 1 atom stereocenters. The Morgan fingerprint density at radius 1 is 1.19 bits per heavy atom. The van der Waals surface area contributed by atoms with Crippen molar-refractivity contribution in [2.45, 2.75) is 26.4 Å². The summed E-state index contributed by atoms with van der Waals surface area (Å²) in [7, 11) is 0. The number of hydrogen-bond donors (Lipinski definition) is 2. The second-order valence-corrected chi connectivity index (χ2v) is 6.01. The molecule has 4 heteroatoms. The van der Waals surface area contributed by atoms with Crippen molar-refractivity contribution in [1.82, 2.24) is 10.6 Å². The summed E-state index contributed by atoms with van der Waals surface area (Å²) in [5.74, 6) is 0. The summed E-state index contributed by atoms with van der Waals surface area (Å²) < 4.78 is 1.01. The third-order valence-electron chi connectivity index (χ3n) is 3.23. The summed E-state index contributed by atoms with van der Waals surface area (Å²) in [4.78, 5) is 11.9. The number of carbonyl (C=O) groups is 1. The SMILES string of the molecule is Cc1cccc(CNC(=O)NC(C)c2cccc(Br)c2)c1. The molecule has 0 heterocycles. The first-order chi connectivity index (χ1) is 10.0. The van der Waals surface area contributed by atoms with Gasteiger partial charge in [-0.2, -0.15) is 0 Å². The largest absolute Gasteiger partial charge is 0.334 e. The molecule has 0 radical (unpaired) electrons.